The molecule has 0 aliphatic carbocycles. The minimum atomic E-state index is -1.05. The molecule has 0 amide bonds. The second-order valence-electron chi connectivity index (χ2n) is 5.12. The number of hydrogen-bond acceptors (Lipinski definition) is 3. The highest BCUT2D eigenvalue weighted by Crippen LogP contribution is 2.31. The van der Waals surface area contributed by atoms with E-state index >= 15 is 0 Å². The van der Waals surface area contributed by atoms with Crippen molar-refractivity contribution >= 4 is 38.3 Å². The molecule has 4 nitrogen and oxygen atoms in total. The van der Waals surface area contributed by atoms with E-state index in [1.54, 1.807) is 0 Å². The van der Waals surface area contributed by atoms with E-state index in [4.69, 9.17) is 4.98 Å². The fraction of sp³-hybridized carbons (Fsp3) is 0.250. The second kappa shape index (κ2) is 6.02. The van der Waals surface area contributed by atoms with Crippen molar-refractivity contribution in [3.8, 4) is 11.4 Å². The minimum absolute atomic E-state index is 0.574. The van der Waals surface area contributed by atoms with Gasteiger partial charge in [0.05, 0.1) is 5.56 Å². The van der Waals surface area contributed by atoms with Crippen molar-refractivity contribution in [3.05, 3.63) is 40.5 Å². The quantitative estimate of drug-likeness (QED) is 0.651. The van der Waals surface area contributed by atoms with Crippen LogP contribution >= 0.6 is 15.9 Å². The topological polar surface area (TPSA) is 53.8 Å². The van der Waals surface area contributed by atoms with E-state index in [0.717, 1.165) is 37.5 Å². The molecule has 0 aliphatic heterocycles. The fourth-order valence-corrected chi connectivity index (χ4v) is 3.93. The number of aryl methyl sites for hydroxylation is 2. The number of rotatable bonds is 3. The van der Waals surface area contributed by atoms with Crippen molar-refractivity contribution < 1.29 is 4.55 Å². The van der Waals surface area contributed by atoms with Gasteiger partial charge in [-0.15, -0.1) is 0 Å². The number of pyridine rings is 1. The molecule has 114 valence electrons. The maximum Gasteiger partial charge on any atom is 0.164 e. The third kappa shape index (κ3) is 2.66. The van der Waals surface area contributed by atoms with E-state index in [0.29, 0.717) is 5.75 Å². The molecule has 0 fully saturated rings. The first-order valence-corrected chi connectivity index (χ1v) is 9.09. The van der Waals surface area contributed by atoms with Crippen LogP contribution in [0.25, 0.3) is 22.6 Å². The molecule has 0 spiro atoms. The Bertz CT molecular complexity index is 847. The van der Waals surface area contributed by atoms with Crippen LogP contribution in [0, 0.1) is 6.92 Å². The van der Waals surface area contributed by atoms with Gasteiger partial charge in [-0.3, -0.25) is 0 Å². The van der Waals surface area contributed by atoms with E-state index in [1.165, 1.54) is 0 Å². The van der Waals surface area contributed by atoms with E-state index in [-0.39, 0.29) is 0 Å². The Balaban J connectivity index is 2.25. The maximum atomic E-state index is 12.4. The number of halogens is 1. The monoisotopic (exact) mass is 377 g/mol. The molecule has 3 aromatic rings. The fourth-order valence-electron chi connectivity index (χ4n) is 2.44. The Hall–Kier alpha value is -1.37. The summed E-state index contributed by atoms with van der Waals surface area (Å²) >= 11 is 2.40. The predicted molar refractivity (Wildman–Crippen MR) is 93.3 cm³/mol. The van der Waals surface area contributed by atoms with Gasteiger partial charge in [0.2, 0.25) is 0 Å². The van der Waals surface area contributed by atoms with Crippen molar-refractivity contribution in [2.45, 2.75) is 18.7 Å². The highest BCUT2D eigenvalue weighted by atomic mass is 79.9. The van der Waals surface area contributed by atoms with Gasteiger partial charge in [0.15, 0.2) is 10.5 Å². The van der Waals surface area contributed by atoms with E-state index in [2.05, 4.69) is 20.9 Å². The molecule has 1 unspecified atom stereocenters. The van der Waals surface area contributed by atoms with Gasteiger partial charge in [-0.05, 0) is 48.8 Å². The first-order chi connectivity index (χ1) is 10.5. The molecule has 0 saturated carbocycles. The average molecular weight is 378 g/mol. The van der Waals surface area contributed by atoms with Gasteiger partial charge in [-0.1, -0.05) is 15.9 Å². The molecule has 2 aromatic heterocycles. The maximum absolute atomic E-state index is 12.4. The lowest BCUT2D eigenvalue weighted by Gasteiger charge is -2.13. The molecule has 2 heterocycles. The van der Waals surface area contributed by atoms with Gasteiger partial charge in [-0.2, -0.15) is 0 Å². The molecular formula is C16H16BrN3OS. The van der Waals surface area contributed by atoms with Gasteiger partial charge in [-0.25, -0.2) is 9.97 Å². The van der Waals surface area contributed by atoms with Crippen LogP contribution in [-0.2, 0) is 18.2 Å². The SMILES string of the molecule is CC[S+]([O-])c1cc(Br)ccc1-c1nc2cc(C)cnc2n1C. The van der Waals surface area contributed by atoms with Crippen LogP contribution in [0.3, 0.4) is 0 Å². The van der Waals surface area contributed by atoms with Crippen molar-refractivity contribution in [3.63, 3.8) is 0 Å². The molecule has 0 N–H and O–H groups in total. The predicted octanol–water partition coefficient (Wildman–Crippen LogP) is 3.83. The summed E-state index contributed by atoms with van der Waals surface area (Å²) in [5, 5.41) is 0. The first kappa shape index (κ1) is 15.5. The van der Waals surface area contributed by atoms with Gasteiger partial charge in [0.1, 0.15) is 17.1 Å². The van der Waals surface area contributed by atoms with Crippen LogP contribution in [0.4, 0.5) is 0 Å². The van der Waals surface area contributed by atoms with Crippen LogP contribution in [0.15, 0.2) is 39.8 Å². The summed E-state index contributed by atoms with van der Waals surface area (Å²) in [6.07, 6.45) is 1.83. The van der Waals surface area contributed by atoms with Crippen LogP contribution in [0.5, 0.6) is 0 Å². The van der Waals surface area contributed by atoms with Crippen molar-refractivity contribution in [2.75, 3.05) is 5.75 Å². The Labute approximate surface area is 140 Å². The summed E-state index contributed by atoms with van der Waals surface area (Å²) in [5.41, 5.74) is 3.65. The van der Waals surface area contributed by atoms with Crippen LogP contribution in [-0.4, -0.2) is 24.8 Å². The van der Waals surface area contributed by atoms with Crippen molar-refractivity contribution in [2.24, 2.45) is 7.05 Å². The van der Waals surface area contributed by atoms with E-state index in [9.17, 15) is 4.55 Å². The Morgan fingerprint density at radius 2 is 2.09 bits per heavy atom. The van der Waals surface area contributed by atoms with Gasteiger partial charge in [0, 0.05) is 23.8 Å². The lowest BCUT2D eigenvalue weighted by Crippen LogP contribution is -2.07. The van der Waals surface area contributed by atoms with Gasteiger partial charge >= 0.3 is 0 Å². The molecule has 3 rings (SSSR count). The first-order valence-electron chi connectivity index (χ1n) is 6.98. The molecule has 1 aromatic carbocycles. The zero-order valence-corrected chi connectivity index (χ0v) is 15.0. The lowest BCUT2D eigenvalue weighted by molar-refractivity contribution is 0.596. The van der Waals surface area contributed by atoms with Gasteiger partial charge < -0.3 is 9.12 Å². The van der Waals surface area contributed by atoms with Crippen LogP contribution in [0.1, 0.15) is 12.5 Å². The zero-order chi connectivity index (χ0) is 15.9. The molecule has 22 heavy (non-hydrogen) atoms. The lowest BCUT2D eigenvalue weighted by atomic mass is 10.2. The van der Waals surface area contributed by atoms with Crippen LogP contribution in [0.2, 0.25) is 0 Å². The summed E-state index contributed by atoms with van der Waals surface area (Å²) < 4.78 is 15.2. The number of benzene rings is 1. The average Bonchev–Trinajstić information content (AvgIpc) is 2.82. The van der Waals surface area contributed by atoms with Crippen molar-refractivity contribution in [1.29, 1.82) is 0 Å². The van der Waals surface area contributed by atoms with Gasteiger partial charge in [0.25, 0.3) is 0 Å². The summed E-state index contributed by atoms with van der Waals surface area (Å²) in [4.78, 5) is 9.95. The summed E-state index contributed by atoms with van der Waals surface area (Å²) in [6.45, 7) is 3.92. The molecule has 0 bridgehead atoms. The molecule has 0 saturated heterocycles. The normalized spacial score (nSPS) is 12.8. The minimum Gasteiger partial charge on any atom is -0.611 e. The molecule has 6 heteroatoms. The largest absolute Gasteiger partial charge is 0.611 e. The highest BCUT2D eigenvalue weighted by molar-refractivity contribution is 9.10. The highest BCUT2D eigenvalue weighted by Gasteiger charge is 2.21. The van der Waals surface area contributed by atoms with E-state index < -0.39 is 11.2 Å². The molecule has 0 aliphatic rings. The Morgan fingerprint density at radius 3 is 2.82 bits per heavy atom. The molecular weight excluding hydrogens is 362 g/mol. The number of hydrogen-bond donors (Lipinski definition) is 0. The Morgan fingerprint density at radius 1 is 1.32 bits per heavy atom. The summed E-state index contributed by atoms with van der Waals surface area (Å²) in [6, 6.07) is 7.83. The third-order valence-electron chi connectivity index (χ3n) is 3.54. The van der Waals surface area contributed by atoms with Crippen molar-refractivity contribution in [1.82, 2.24) is 14.5 Å². The number of nitrogens with zero attached hydrogens (tertiary/aromatic N) is 3. The summed E-state index contributed by atoms with van der Waals surface area (Å²) in [7, 11) is 1.94. The van der Waals surface area contributed by atoms with E-state index in [1.807, 2.05) is 55.9 Å². The molecule has 0 radical (unpaired) electrons. The second-order valence-corrected chi connectivity index (χ2v) is 7.75. The third-order valence-corrected chi connectivity index (χ3v) is 5.38. The zero-order valence-electron chi connectivity index (χ0n) is 12.6. The summed E-state index contributed by atoms with van der Waals surface area (Å²) in [5.74, 6) is 1.36. The Kier molecular flexibility index (Phi) is 4.25. The molecule has 1 atom stereocenters. The number of aromatic nitrogens is 3. The standard InChI is InChI=1S/C16H16BrN3OS/c1-4-22(21)14-8-11(17)5-6-12(14)15-19-13-7-10(2)9-18-16(13)20(15)3/h5-9H,4H2,1-3H3. The van der Waals surface area contributed by atoms with Crippen LogP contribution < -0.4 is 0 Å². The smallest absolute Gasteiger partial charge is 0.164 e. The number of imidazole rings is 1. The number of fused-ring (bicyclic) bond motifs is 1.